The summed E-state index contributed by atoms with van der Waals surface area (Å²) in [4.78, 5) is 27.2. The summed E-state index contributed by atoms with van der Waals surface area (Å²) in [6, 6.07) is 16.3. The first-order valence-corrected chi connectivity index (χ1v) is 8.51. The van der Waals surface area contributed by atoms with Gasteiger partial charge in [0.2, 0.25) is 6.41 Å². The van der Waals surface area contributed by atoms with Crippen molar-refractivity contribution in [2.45, 2.75) is 0 Å². The van der Waals surface area contributed by atoms with Crippen molar-refractivity contribution in [2.75, 3.05) is 31.1 Å². The van der Waals surface area contributed by atoms with Gasteiger partial charge in [0.15, 0.2) is 0 Å². The van der Waals surface area contributed by atoms with Crippen LogP contribution in [0.25, 0.3) is 22.2 Å². The highest BCUT2D eigenvalue weighted by atomic mass is 16.2. The molecule has 1 fully saturated rings. The van der Waals surface area contributed by atoms with Crippen molar-refractivity contribution >= 4 is 28.9 Å². The number of carbonyl (C=O) groups excluding carboxylic acids is 2. The number of carbonyl (C=O) groups is 2. The molecule has 25 heavy (non-hydrogen) atoms. The predicted molar refractivity (Wildman–Crippen MR) is 97.0 cm³/mol. The molecule has 3 aromatic rings. The largest absolute Gasteiger partial charge is 0.368 e. The van der Waals surface area contributed by atoms with Gasteiger partial charge in [-0.25, -0.2) is 0 Å². The van der Waals surface area contributed by atoms with Crippen LogP contribution in [0.2, 0.25) is 0 Å². The number of aromatic nitrogens is 1. The van der Waals surface area contributed by atoms with E-state index in [2.05, 4.69) is 29.2 Å². The molecule has 2 aromatic carbocycles. The lowest BCUT2D eigenvalue weighted by atomic mass is 10.0. The monoisotopic (exact) mass is 331 g/mol. The summed E-state index contributed by atoms with van der Waals surface area (Å²) >= 11 is 0. The van der Waals surface area contributed by atoms with Crippen LogP contribution in [0.15, 0.2) is 48.5 Å². The molecule has 0 radical (unpaired) electrons. The summed E-state index contributed by atoms with van der Waals surface area (Å²) in [6.45, 7) is 3.22. The number of rotatable bonds is 3. The van der Waals surface area contributed by atoms with Gasteiger partial charge in [0.1, 0.15) is 0 Å². The highest BCUT2D eigenvalue weighted by Gasteiger charge is 2.35. The van der Waals surface area contributed by atoms with E-state index in [-0.39, 0.29) is 5.91 Å². The van der Waals surface area contributed by atoms with Crippen molar-refractivity contribution in [3.05, 3.63) is 54.1 Å². The Morgan fingerprint density at radius 2 is 1.60 bits per heavy atom. The molecule has 0 aliphatic carbocycles. The highest BCUT2D eigenvalue weighted by Crippen LogP contribution is 2.42. The maximum atomic E-state index is 12.3. The Morgan fingerprint density at radius 1 is 0.880 bits per heavy atom. The quantitative estimate of drug-likeness (QED) is 0.542. The van der Waals surface area contributed by atoms with E-state index >= 15 is 0 Å². The third-order valence-electron chi connectivity index (χ3n) is 5.26. The van der Waals surface area contributed by atoms with Crippen LogP contribution in [0.4, 0.5) is 5.69 Å². The number of piperazine rings is 1. The zero-order valence-corrected chi connectivity index (χ0v) is 13.7. The van der Waals surface area contributed by atoms with Gasteiger partial charge >= 0.3 is 0 Å². The minimum absolute atomic E-state index is 0.102. The van der Waals surface area contributed by atoms with Crippen LogP contribution in [0.3, 0.4) is 0 Å². The molecule has 124 valence electrons. The Labute approximate surface area is 145 Å². The van der Waals surface area contributed by atoms with E-state index in [0.717, 1.165) is 66.0 Å². The summed E-state index contributed by atoms with van der Waals surface area (Å²) in [6.07, 6.45) is 0.920. The first kappa shape index (κ1) is 14.3. The molecular formula is C20H17N3O2. The van der Waals surface area contributed by atoms with E-state index < -0.39 is 0 Å². The van der Waals surface area contributed by atoms with E-state index in [4.69, 9.17) is 0 Å². The number of nitrogens with zero attached hydrogens (tertiary/aromatic N) is 3. The number of amides is 1. The van der Waals surface area contributed by atoms with Gasteiger partial charge in [-0.05, 0) is 23.8 Å². The fraction of sp³-hybridized carbons (Fsp3) is 0.200. The molecule has 5 rings (SSSR count). The maximum Gasteiger partial charge on any atom is 0.265 e. The molecule has 5 heteroatoms. The van der Waals surface area contributed by atoms with E-state index in [9.17, 15) is 9.59 Å². The topological polar surface area (TPSA) is 45.6 Å². The predicted octanol–water partition coefficient (Wildman–Crippen LogP) is 2.59. The van der Waals surface area contributed by atoms with Gasteiger partial charge < -0.3 is 9.80 Å². The number of anilines is 1. The molecule has 1 saturated heterocycles. The summed E-state index contributed by atoms with van der Waals surface area (Å²) in [7, 11) is 0. The molecule has 0 unspecified atom stereocenters. The molecule has 0 atom stereocenters. The van der Waals surface area contributed by atoms with Gasteiger partial charge in [-0.2, -0.15) is 0 Å². The standard InChI is InChI=1S/C20H17N3O2/c24-13-21-9-11-22(12-10-21)15-7-5-14(6-8-15)19-18-16-3-1-2-4-17(16)23(19)20(18)25/h1-8,13H,9-12H2. The fourth-order valence-electron chi connectivity index (χ4n) is 3.92. The van der Waals surface area contributed by atoms with Crippen molar-refractivity contribution < 1.29 is 9.59 Å². The Balaban J connectivity index is 1.46. The van der Waals surface area contributed by atoms with Crippen molar-refractivity contribution in [3.63, 3.8) is 0 Å². The second-order valence-electron chi connectivity index (χ2n) is 6.56. The first-order chi connectivity index (χ1) is 12.3. The molecule has 5 nitrogen and oxygen atoms in total. The zero-order chi connectivity index (χ0) is 17.0. The van der Waals surface area contributed by atoms with Crippen molar-refractivity contribution in [2.24, 2.45) is 0 Å². The van der Waals surface area contributed by atoms with Crippen molar-refractivity contribution in [1.29, 1.82) is 0 Å². The van der Waals surface area contributed by atoms with Gasteiger partial charge in [0.25, 0.3) is 5.91 Å². The van der Waals surface area contributed by atoms with Crippen LogP contribution < -0.4 is 4.90 Å². The minimum Gasteiger partial charge on any atom is -0.368 e. The Morgan fingerprint density at radius 3 is 2.28 bits per heavy atom. The maximum absolute atomic E-state index is 12.3. The number of benzene rings is 2. The first-order valence-electron chi connectivity index (χ1n) is 8.51. The van der Waals surface area contributed by atoms with Gasteiger partial charge in [-0.15, -0.1) is 0 Å². The smallest absolute Gasteiger partial charge is 0.265 e. The lowest BCUT2D eigenvalue weighted by Crippen LogP contribution is -2.45. The Bertz CT molecular complexity index is 953. The molecule has 2 aliphatic heterocycles. The molecule has 3 heterocycles. The van der Waals surface area contributed by atoms with E-state index in [1.807, 2.05) is 28.8 Å². The Hall–Kier alpha value is -3.08. The van der Waals surface area contributed by atoms with Crippen LogP contribution in [-0.4, -0.2) is 48.0 Å². The second-order valence-corrected chi connectivity index (χ2v) is 6.56. The normalized spacial score (nSPS) is 16.2. The minimum atomic E-state index is 0.102. The average Bonchev–Trinajstić information content (AvgIpc) is 3.18. The number of fused-ring (bicyclic) bond motifs is 5. The van der Waals surface area contributed by atoms with E-state index in [1.54, 1.807) is 4.90 Å². The Kier molecular flexibility index (Phi) is 2.98. The van der Waals surface area contributed by atoms with Crippen molar-refractivity contribution in [3.8, 4) is 11.3 Å². The van der Waals surface area contributed by atoms with Crippen molar-refractivity contribution in [1.82, 2.24) is 9.47 Å². The second kappa shape index (κ2) is 5.21. The van der Waals surface area contributed by atoms with E-state index in [0.29, 0.717) is 0 Å². The molecule has 0 saturated carbocycles. The van der Waals surface area contributed by atoms with Gasteiger partial charge in [-0.1, -0.05) is 30.3 Å². The zero-order valence-electron chi connectivity index (χ0n) is 13.7. The molecule has 1 aromatic heterocycles. The van der Waals surface area contributed by atoms with Crippen LogP contribution >= 0.6 is 0 Å². The lowest BCUT2D eigenvalue weighted by molar-refractivity contribution is -0.118. The summed E-state index contributed by atoms with van der Waals surface area (Å²) in [5.74, 6) is 0.102. The molecule has 0 spiro atoms. The van der Waals surface area contributed by atoms with Crippen LogP contribution in [0.5, 0.6) is 0 Å². The fourth-order valence-corrected chi connectivity index (χ4v) is 3.92. The lowest BCUT2D eigenvalue weighted by Gasteiger charge is -2.34. The van der Waals surface area contributed by atoms with E-state index in [1.165, 1.54) is 0 Å². The third-order valence-corrected chi connectivity index (χ3v) is 5.26. The average molecular weight is 331 g/mol. The molecule has 1 amide bonds. The molecule has 2 bridgehead atoms. The number of hydrogen-bond acceptors (Lipinski definition) is 3. The highest BCUT2D eigenvalue weighted by molar-refractivity contribution is 6.26. The van der Waals surface area contributed by atoms with Gasteiger partial charge in [0, 0.05) is 37.3 Å². The summed E-state index contributed by atoms with van der Waals surface area (Å²) < 4.78 is 1.81. The SMILES string of the molecule is O=CN1CCN(c2ccc(-c3c4c5ccccc5n3C4=O)cc2)CC1. The van der Waals surface area contributed by atoms with Crippen LogP contribution in [0.1, 0.15) is 10.4 Å². The number of para-hydroxylation sites is 1. The van der Waals surface area contributed by atoms with Gasteiger partial charge in [-0.3, -0.25) is 14.2 Å². The van der Waals surface area contributed by atoms with Crippen LogP contribution in [0, 0.1) is 0 Å². The number of hydrogen-bond donors (Lipinski definition) is 0. The third kappa shape index (κ3) is 1.95. The van der Waals surface area contributed by atoms with Gasteiger partial charge in [0.05, 0.1) is 16.8 Å². The summed E-state index contributed by atoms with van der Waals surface area (Å²) in [5, 5.41) is 1.04. The summed E-state index contributed by atoms with van der Waals surface area (Å²) in [5.41, 5.74) is 5.07. The molecule has 2 aliphatic rings. The molecular weight excluding hydrogens is 314 g/mol. The van der Waals surface area contributed by atoms with Crippen LogP contribution in [-0.2, 0) is 4.79 Å². The molecule has 0 N–H and O–H groups in total.